The van der Waals surface area contributed by atoms with Crippen molar-refractivity contribution < 1.29 is 20.2 Å². The van der Waals surface area contributed by atoms with E-state index in [2.05, 4.69) is 19.0 Å². The molecule has 0 aliphatic heterocycles. The first kappa shape index (κ1) is 21.5. The van der Waals surface area contributed by atoms with Crippen molar-refractivity contribution in [2.75, 3.05) is 13.2 Å². The number of aliphatic hydroxyl groups excluding tert-OH is 1. The zero-order valence-corrected chi connectivity index (χ0v) is 18.1. The van der Waals surface area contributed by atoms with Crippen LogP contribution in [0.15, 0.2) is 5.16 Å². The van der Waals surface area contributed by atoms with E-state index < -0.39 is 16.6 Å². The SMILES string of the molecule is C[C@]12CCC(O)CC1CC[C@@H]1[C@H]2CC[C@]2(C)C(O)(/C=N/OCCCN)CC[C@@]12O. The summed E-state index contributed by atoms with van der Waals surface area (Å²) in [5, 5.41) is 37.9. The topological polar surface area (TPSA) is 108 Å². The third kappa shape index (κ3) is 3.08. The van der Waals surface area contributed by atoms with Gasteiger partial charge in [-0.05, 0) is 93.9 Å². The smallest absolute Gasteiger partial charge is 0.118 e. The molecular weight excluding hydrogens is 368 g/mol. The Labute approximate surface area is 174 Å². The van der Waals surface area contributed by atoms with Crippen LogP contribution in [0.5, 0.6) is 0 Å². The molecule has 0 aromatic rings. The first-order valence-corrected chi connectivity index (χ1v) is 11.7. The van der Waals surface area contributed by atoms with Crippen LogP contribution in [0.1, 0.15) is 78.1 Å². The highest BCUT2D eigenvalue weighted by atomic mass is 16.6. The van der Waals surface area contributed by atoms with Crippen LogP contribution < -0.4 is 5.73 Å². The molecule has 0 saturated heterocycles. The second-order valence-electron chi connectivity index (χ2n) is 10.9. The zero-order valence-electron chi connectivity index (χ0n) is 18.1. The maximum atomic E-state index is 12.1. The van der Waals surface area contributed by atoms with E-state index in [1.165, 1.54) is 0 Å². The molecule has 0 amide bonds. The maximum Gasteiger partial charge on any atom is 0.118 e. The standard InChI is InChI=1S/C23H40N2O4/c1-20-8-6-17(26)14-16(20)4-5-19-18(20)7-9-21(2)22(27,10-11-23(19,21)28)15-25-29-13-3-12-24/h15-19,26-28H,3-14,24H2,1-2H3/b25-15+/t16?,17?,18-,19-,20+,21-,22?,23-/m1/s1. The number of hydrogen-bond donors (Lipinski definition) is 4. The van der Waals surface area contributed by atoms with E-state index in [0.717, 1.165) is 51.4 Å². The summed E-state index contributed by atoms with van der Waals surface area (Å²) in [5.41, 5.74) is 3.05. The third-order valence-electron chi connectivity index (χ3n) is 9.81. The Hall–Kier alpha value is -0.690. The molecule has 0 aromatic heterocycles. The molecular formula is C23H40N2O4. The van der Waals surface area contributed by atoms with Gasteiger partial charge in [0, 0.05) is 5.41 Å². The van der Waals surface area contributed by atoms with E-state index in [-0.39, 0.29) is 17.4 Å². The lowest BCUT2D eigenvalue weighted by Crippen LogP contribution is -2.65. The van der Waals surface area contributed by atoms with E-state index in [1.807, 2.05) is 0 Å². The maximum absolute atomic E-state index is 12.1. The Morgan fingerprint density at radius 3 is 2.59 bits per heavy atom. The first-order valence-electron chi connectivity index (χ1n) is 11.7. The van der Waals surface area contributed by atoms with Crippen LogP contribution in [-0.2, 0) is 4.84 Å². The van der Waals surface area contributed by atoms with Gasteiger partial charge >= 0.3 is 0 Å². The Balaban J connectivity index is 1.56. The second-order valence-corrected chi connectivity index (χ2v) is 10.9. The largest absolute Gasteiger partial charge is 0.396 e. The number of hydrogen-bond acceptors (Lipinski definition) is 6. The van der Waals surface area contributed by atoms with Gasteiger partial charge in [0.1, 0.15) is 12.2 Å². The minimum atomic E-state index is -1.14. The fourth-order valence-corrected chi connectivity index (χ4v) is 7.79. The Morgan fingerprint density at radius 2 is 1.83 bits per heavy atom. The number of aliphatic hydroxyl groups is 3. The Bertz CT molecular complexity index is 644. The summed E-state index contributed by atoms with van der Waals surface area (Å²) in [6.07, 6.45) is 9.96. The van der Waals surface area contributed by atoms with E-state index in [4.69, 9.17) is 10.6 Å². The molecule has 5 N–H and O–H groups in total. The summed E-state index contributed by atoms with van der Waals surface area (Å²) in [7, 11) is 0. The van der Waals surface area contributed by atoms with Gasteiger partial charge in [-0.2, -0.15) is 0 Å². The van der Waals surface area contributed by atoms with Gasteiger partial charge in [-0.3, -0.25) is 0 Å². The normalized spacial score (nSPS) is 52.1. The molecule has 0 heterocycles. The molecule has 4 fully saturated rings. The quantitative estimate of drug-likeness (QED) is 0.318. The van der Waals surface area contributed by atoms with Gasteiger partial charge in [0.15, 0.2) is 0 Å². The monoisotopic (exact) mass is 408 g/mol. The number of nitrogens with zero attached hydrogens (tertiary/aromatic N) is 1. The zero-order chi connectivity index (χ0) is 20.9. The lowest BCUT2D eigenvalue weighted by atomic mass is 9.43. The lowest BCUT2D eigenvalue weighted by molar-refractivity contribution is -0.224. The van der Waals surface area contributed by atoms with Gasteiger partial charge in [-0.25, -0.2) is 0 Å². The first-order chi connectivity index (χ1) is 13.7. The predicted molar refractivity (Wildman–Crippen MR) is 112 cm³/mol. The van der Waals surface area contributed by atoms with Crippen molar-refractivity contribution in [2.45, 2.75) is 95.4 Å². The number of fused-ring (bicyclic) bond motifs is 5. The third-order valence-corrected chi connectivity index (χ3v) is 9.81. The fourth-order valence-electron chi connectivity index (χ4n) is 7.79. The number of nitrogens with two attached hydrogens (primary N) is 1. The van der Waals surface area contributed by atoms with Crippen molar-refractivity contribution in [1.82, 2.24) is 0 Å². The van der Waals surface area contributed by atoms with Crippen LogP contribution in [0, 0.1) is 28.6 Å². The van der Waals surface area contributed by atoms with Crippen molar-refractivity contribution >= 4 is 6.21 Å². The highest BCUT2D eigenvalue weighted by Gasteiger charge is 2.71. The van der Waals surface area contributed by atoms with Crippen molar-refractivity contribution in [1.29, 1.82) is 0 Å². The molecule has 4 aliphatic rings. The molecule has 0 aromatic carbocycles. The summed E-state index contributed by atoms with van der Waals surface area (Å²) in [5.74, 6) is 1.23. The van der Waals surface area contributed by atoms with Crippen LogP contribution in [0.2, 0.25) is 0 Å². The molecule has 0 bridgehead atoms. The average molecular weight is 409 g/mol. The van der Waals surface area contributed by atoms with Crippen LogP contribution >= 0.6 is 0 Å². The molecule has 4 saturated carbocycles. The Morgan fingerprint density at radius 1 is 1.03 bits per heavy atom. The van der Waals surface area contributed by atoms with Gasteiger partial charge < -0.3 is 25.9 Å². The molecule has 6 heteroatoms. The molecule has 0 spiro atoms. The van der Waals surface area contributed by atoms with E-state index in [9.17, 15) is 15.3 Å². The van der Waals surface area contributed by atoms with Gasteiger partial charge in [0.25, 0.3) is 0 Å². The van der Waals surface area contributed by atoms with E-state index >= 15 is 0 Å². The molecule has 0 radical (unpaired) electrons. The summed E-state index contributed by atoms with van der Waals surface area (Å²) >= 11 is 0. The minimum absolute atomic E-state index is 0.159. The van der Waals surface area contributed by atoms with Gasteiger partial charge in [-0.15, -0.1) is 0 Å². The Kier molecular flexibility index (Phi) is 5.55. The summed E-state index contributed by atoms with van der Waals surface area (Å²) in [4.78, 5) is 5.29. The molecule has 3 unspecified atom stereocenters. The van der Waals surface area contributed by atoms with Crippen molar-refractivity contribution in [3.63, 3.8) is 0 Å². The van der Waals surface area contributed by atoms with Crippen molar-refractivity contribution in [2.24, 2.45) is 39.5 Å². The molecule has 4 rings (SSSR count). The van der Waals surface area contributed by atoms with Gasteiger partial charge in [0.05, 0.1) is 17.9 Å². The predicted octanol–water partition coefficient (Wildman–Crippen LogP) is 2.59. The summed E-state index contributed by atoms with van der Waals surface area (Å²) in [6, 6.07) is 0. The van der Waals surface area contributed by atoms with Crippen LogP contribution in [-0.4, -0.2) is 52.0 Å². The average Bonchev–Trinajstić information content (AvgIpc) is 2.90. The fraction of sp³-hybridized carbons (Fsp3) is 0.957. The van der Waals surface area contributed by atoms with Crippen LogP contribution in [0.25, 0.3) is 0 Å². The van der Waals surface area contributed by atoms with E-state index in [1.54, 1.807) is 6.21 Å². The highest BCUT2D eigenvalue weighted by molar-refractivity contribution is 5.71. The van der Waals surface area contributed by atoms with Crippen molar-refractivity contribution in [3.8, 4) is 0 Å². The van der Waals surface area contributed by atoms with Crippen molar-refractivity contribution in [3.05, 3.63) is 0 Å². The molecule has 166 valence electrons. The number of oxime groups is 1. The lowest BCUT2D eigenvalue weighted by Gasteiger charge is -2.64. The van der Waals surface area contributed by atoms with Gasteiger partial charge in [-0.1, -0.05) is 19.0 Å². The molecule has 29 heavy (non-hydrogen) atoms. The summed E-state index contributed by atoms with van der Waals surface area (Å²) < 4.78 is 0. The molecule has 6 nitrogen and oxygen atoms in total. The summed E-state index contributed by atoms with van der Waals surface area (Å²) in [6.45, 7) is 5.46. The second kappa shape index (κ2) is 7.47. The van der Waals surface area contributed by atoms with Crippen LogP contribution in [0.4, 0.5) is 0 Å². The van der Waals surface area contributed by atoms with Crippen LogP contribution in [0.3, 0.4) is 0 Å². The molecule has 4 aliphatic carbocycles. The highest BCUT2D eigenvalue weighted by Crippen LogP contribution is 2.69. The van der Waals surface area contributed by atoms with Gasteiger partial charge in [0.2, 0.25) is 0 Å². The van der Waals surface area contributed by atoms with E-state index in [0.29, 0.717) is 37.8 Å². The molecule has 8 atom stereocenters. The minimum Gasteiger partial charge on any atom is -0.396 e. The number of rotatable bonds is 5.